The van der Waals surface area contributed by atoms with Gasteiger partial charge in [-0.2, -0.15) is 0 Å². The van der Waals surface area contributed by atoms with E-state index >= 15 is 0 Å². The van der Waals surface area contributed by atoms with Crippen molar-refractivity contribution in [3.8, 4) is 0 Å². The van der Waals surface area contributed by atoms with Crippen molar-refractivity contribution in [2.24, 2.45) is 0 Å². The number of furan rings is 1. The normalized spacial score (nSPS) is 11.0. The summed E-state index contributed by atoms with van der Waals surface area (Å²) in [6, 6.07) is 3.67. The number of imidazole rings is 1. The molecule has 0 aliphatic carbocycles. The van der Waals surface area contributed by atoms with E-state index in [1.807, 2.05) is 34.3 Å². The van der Waals surface area contributed by atoms with Gasteiger partial charge < -0.3 is 9.32 Å². The molecule has 0 atom stereocenters. The summed E-state index contributed by atoms with van der Waals surface area (Å²) in [6.07, 6.45) is 5.75. The lowest BCUT2D eigenvalue weighted by Gasteiger charge is -2.14. The third-order valence-electron chi connectivity index (χ3n) is 2.87. The molecule has 0 aromatic carbocycles. The minimum Gasteiger partial charge on any atom is -0.467 e. The van der Waals surface area contributed by atoms with Crippen LogP contribution in [0.25, 0.3) is 4.96 Å². The molecule has 0 radical (unpaired) electrons. The second-order valence-corrected chi connectivity index (χ2v) is 5.20. The standard InChI is InChI=1S/C13H13N3O2S/c1-15(9-11-3-2-5-18-11)12(17)7-10-8-16-4-6-19-13(16)14-10/h2-6,8H,7,9H2,1H3. The molecule has 3 aromatic heterocycles. The van der Waals surface area contributed by atoms with E-state index in [0.29, 0.717) is 13.0 Å². The quantitative estimate of drug-likeness (QED) is 0.733. The van der Waals surface area contributed by atoms with E-state index in [1.54, 1.807) is 29.5 Å². The van der Waals surface area contributed by atoms with Gasteiger partial charge in [0.1, 0.15) is 5.76 Å². The van der Waals surface area contributed by atoms with Gasteiger partial charge in [0.2, 0.25) is 5.91 Å². The Hall–Kier alpha value is -2.08. The SMILES string of the molecule is CN(Cc1ccco1)C(=O)Cc1cn2ccsc2n1. The summed E-state index contributed by atoms with van der Waals surface area (Å²) in [6.45, 7) is 0.480. The summed E-state index contributed by atoms with van der Waals surface area (Å²) >= 11 is 1.56. The van der Waals surface area contributed by atoms with Gasteiger partial charge in [-0.1, -0.05) is 0 Å². The van der Waals surface area contributed by atoms with E-state index in [2.05, 4.69) is 4.98 Å². The first-order chi connectivity index (χ1) is 9.22. The Kier molecular flexibility index (Phi) is 3.08. The van der Waals surface area contributed by atoms with E-state index in [4.69, 9.17) is 4.42 Å². The Bertz CT molecular complexity index is 655. The fourth-order valence-electron chi connectivity index (χ4n) is 1.88. The van der Waals surface area contributed by atoms with Crippen LogP contribution >= 0.6 is 11.3 Å². The van der Waals surface area contributed by atoms with Gasteiger partial charge in [-0.15, -0.1) is 11.3 Å². The van der Waals surface area contributed by atoms with E-state index in [-0.39, 0.29) is 5.91 Å². The maximum Gasteiger partial charge on any atom is 0.228 e. The number of rotatable bonds is 4. The Balaban J connectivity index is 1.65. The third kappa shape index (κ3) is 2.53. The Morgan fingerprint density at radius 2 is 2.47 bits per heavy atom. The van der Waals surface area contributed by atoms with Crippen molar-refractivity contribution in [3.05, 3.63) is 47.6 Å². The molecule has 3 rings (SSSR count). The molecule has 0 aliphatic heterocycles. The van der Waals surface area contributed by atoms with Crippen LogP contribution in [0.3, 0.4) is 0 Å². The number of carbonyl (C=O) groups excluding carboxylic acids is 1. The summed E-state index contributed by atoms with van der Waals surface area (Å²) in [5.74, 6) is 0.809. The first-order valence-electron chi connectivity index (χ1n) is 5.90. The average molecular weight is 275 g/mol. The minimum atomic E-state index is 0.0298. The highest BCUT2D eigenvalue weighted by atomic mass is 32.1. The molecule has 0 fully saturated rings. The first kappa shape index (κ1) is 12.0. The number of hydrogen-bond donors (Lipinski definition) is 0. The fraction of sp³-hybridized carbons (Fsp3) is 0.231. The highest BCUT2D eigenvalue weighted by molar-refractivity contribution is 7.15. The largest absolute Gasteiger partial charge is 0.467 e. The molecule has 0 N–H and O–H groups in total. The summed E-state index contributed by atoms with van der Waals surface area (Å²) in [5.41, 5.74) is 0.795. The molecule has 0 bridgehead atoms. The smallest absolute Gasteiger partial charge is 0.228 e. The molecule has 0 unspecified atom stereocenters. The Labute approximate surface area is 114 Å². The average Bonchev–Trinajstić information content (AvgIpc) is 3.04. The number of carbonyl (C=O) groups is 1. The van der Waals surface area contributed by atoms with Crippen LogP contribution in [-0.2, 0) is 17.8 Å². The van der Waals surface area contributed by atoms with Gasteiger partial charge >= 0.3 is 0 Å². The molecular weight excluding hydrogens is 262 g/mol. The summed E-state index contributed by atoms with van der Waals surface area (Å²) in [5, 5.41) is 1.97. The highest BCUT2D eigenvalue weighted by Crippen LogP contribution is 2.12. The van der Waals surface area contributed by atoms with Gasteiger partial charge in [0, 0.05) is 24.8 Å². The molecule has 5 nitrogen and oxygen atoms in total. The molecule has 0 saturated carbocycles. The summed E-state index contributed by atoms with van der Waals surface area (Å²) in [7, 11) is 1.77. The van der Waals surface area contributed by atoms with Crippen molar-refractivity contribution >= 4 is 22.2 Å². The molecule has 0 spiro atoms. The molecule has 98 valence electrons. The number of hydrogen-bond acceptors (Lipinski definition) is 4. The van der Waals surface area contributed by atoms with Gasteiger partial charge in [-0.25, -0.2) is 4.98 Å². The number of fused-ring (bicyclic) bond motifs is 1. The predicted molar refractivity (Wildman–Crippen MR) is 72.0 cm³/mol. The van der Waals surface area contributed by atoms with Crippen LogP contribution in [0, 0.1) is 0 Å². The van der Waals surface area contributed by atoms with Crippen LogP contribution in [-0.4, -0.2) is 27.2 Å². The molecule has 3 aromatic rings. The predicted octanol–water partition coefficient (Wildman–Crippen LogP) is 2.19. The molecule has 0 aliphatic rings. The van der Waals surface area contributed by atoms with Gasteiger partial charge in [0.15, 0.2) is 4.96 Å². The zero-order chi connectivity index (χ0) is 13.2. The first-order valence-corrected chi connectivity index (χ1v) is 6.78. The molecule has 0 saturated heterocycles. The van der Waals surface area contributed by atoms with Crippen LogP contribution in [0.1, 0.15) is 11.5 Å². The zero-order valence-corrected chi connectivity index (χ0v) is 11.3. The van der Waals surface area contributed by atoms with Crippen LogP contribution in [0.15, 0.2) is 40.6 Å². The number of aromatic nitrogens is 2. The fourth-order valence-corrected chi connectivity index (χ4v) is 2.59. The van der Waals surface area contributed by atoms with E-state index in [9.17, 15) is 4.79 Å². The zero-order valence-electron chi connectivity index (χ0n) is 10.4. The number of thiazole rings is 1. The topological polar surface area (TPSA) is 50.8 Å². The van der Waals surface area contributed by atoms with Crippen molar-refractivity contribution in [2.45, 2.75) is 13.0 Å². The molecule has 19 heavy (non-hydrogen) atoms. The molecule has 1 amide bonds. The summed E-state index contributed by atoms with van der Waals surface area (Å²) < 4.78 is 7.16. The highest BCUT2D eigenvalue weighted by Gasteiger charge is 2.13. The van der Waals surface area contributed by atoms with Crippen molar-refractivity contribution < 1.29 is 9.21 Å². The number of amides is 1. The Morgan fingerprint density at radius 1 is 1.58 bits per heavy atom. The number of nitrogens with zero attached hydrogens (tertiary/aromatic N) is 3. The Morgan fingerprint density at radius 3 is 3.21 bits per heavy atom. The van der Waals surface area contributed by atoms with Gasteiger partial charge in [-0.05, 0) is 12.1 Å². The van der Waals surface area contributed by atoms with Crippen molar-refractivity contribution in [1.82, 2.24) is 14.3 Å². The van der Waals surface area contributed by atoms with Crippen molar-refractivity contribution in [2.75, 3.05) is 7.05 Å². The van der Waals surface area contributed by atoms with Gasteiger partial charge in [0.05, 0.1) is 24.9 Å². The number of likely N-dealkylation sites (N-methyl/N-ethyl adjacent to an activating group) is 1. The van der Waals surface area contributed by atoms with Crippen LogP contribution in [0.5, 0.6) is 0 Å². The second kappa shape index (κ2) is 4.89. The maximum absolute atomic E-state index is 12.1. The van der Waals surface area contributed by atoms with Crippen molar-refractivity contribution in [1.29, 1.82) is 0 Å². The van der Waals surface area contributed by atoms with Gasteiger partial charge in [-0.3, -0.25) is 9.20 Å². The van der Waals surface area contributed by atoms with Crippen LogP contribution in [0.2, 0.25) is 0 Å². The van der Waals surface area contributed by atoms with E-state index in [1.165, 1.54) is 0 Å². The van der Waals surface area contributed by atoms with Crippen molar-refractivity contribution in [3.63, 3.8) is 0 Å². The monoisotopic (exact) mass is 275 g/mol. The van der Waals surface area contributed by atoms with Crippen LogP contribution in [0.4, 0.5) is 0 Å². The lowest BCUT2D eigenvalue weighted by molar-refractivity contribution is -0.129. The lowest BCUT2D eigenvalue weighted by atomic mass is 10.3. The molecule has 6 heteroatoms. The second-order valence-electron chi connectivity index (χ2n) is 4.33. The lowest BCUT2D eigenvalue weighted by Crippen LogP contribution is -2.27. The summed E-state index contributed by atoms with van der Waals surface area (Å²) in [4.78, 5) is 19.0. The molecular formula is C13H13N3O2S. The third-order valence-corrected chi connectivity index (χ3v) is 3.65. The van der Waals surface area contributed by atoms with Crippen LogP contribution < -0.4 is 0 Å². The minimum absolute atomic E-state index is 0.0298. The van der Waals surface area contributed by atoms with Gasteiger partial charge in [0.25, 0.3) is 0 Å². The van der Waals surface area contributed by atoms with E-state index in [0.717, 1.165) is 16.4 Å². The molecule has 3 heterocycles. The maximum atomic E-state index is 12.1. The van der Waals surface area contributed by atoms with E-state index < -0.39 is 0 Å².